The maximum absolute atomic E-state index is 9.76. The molecule has 0 amide bonds. The fourth-order valence-electron chi connectivity index (χ4n) is 2.69. The molecular weight excluding hydrogens is 324 g/mol. The minimum atomic E-state index is -0.135. The average molecular weight is 355 g/mol. The minimum Gasteiger partial charge on any atom is -0.396 e. The Balaban J connectivity index is 1.87. The third-order valence-electron chi connectivity index (χ3n) is 4.51. The van der Waals surface area contributed by atoms with E-state index in [0.29, 0.717) is 19.8 Å². The predicted octanol–water partition coefficient (Wildman–Crippen LogP) is 1.65. The lowest BCUT2D eigenvalue weighted by Crippen LogP contribution is -2.41. The van der Waals surface area contributed by atoms with E-state index in [1.165, 1.54) is 4.88 Å². The van der Waals surface area contributed by atoms with Gasteiger partial charge in [-0.3, -0.25) is 4.99 Å². The molecule has 0 atom stereocenters. The van der Waals surface area contributed by atoms with Crippen LogP contribution in [0.25, 0.3) is 0 Å². The van der Waals surface area contributed by atoms with Crippen LogP contribution in [0.15, 0.2) is 4.99 Å². The molecule has 24 heavy (non-hydrogen) atoms. The molecule has 0 radical (unpaired) electrons. The van der Waals surface area contributed by atoms with Gasteiger partial charge in [-0.1, -0.05) is 0 Å². The summed E-state index contributed by atoms with van der Waals surface area (Å²) in [5.41, 5.74) is 0.990. The van der Waals surface area contributed by atoms with Crippen molar-refractivity contribution in [3.05, 3.63) is 15.6 Å². The first-order valence-corrected chi connectivity index (χ1v) is 9.54. The number of hydrogen-bond donors (Lipinski definition) is 3. The summed E-state index contributed by atoms with van der Waals surface area (Å²) < 4.78 is 5.41. The van der Waals surface area contributed by atoms with Gasteiger partial charge in [-0.05, 0) is 33.6 Å². The van der Waals surface area contributed by atoms with Gasteiger partial charge in [-0.2, -0.15) is 0 Å². The summed E-state index contributed by atoms with van der Waals surface area (Å²) in [6.45, 7) is 10.0. The van der Waals surface area contributed by atoms with Gasteiger partial charge in [0.05, 0.1) is 23.9 Å². The van der Waals surface area contributed by atoms with Gasteiger partial charge in [-0.25, -0.2) is 4.98 Å². The van der Waals surface area contributed by atoms with E-state index in [-0.39, 0.29) is 12.0 Å². The number of rotatable bonds is 7. The zero-order valence-corrected chi connectivity index (χ0v) is 15.8. The van der Waals surface area contributed by atoms with Crippen LogP contribution in [0.4, 0.5) is 0 Å². The molecule has 0 aliphatic carbocycles. The number of aromatic nitrogens is 1. The van der Waals surface area contributed by atoms with Crippen LogP contribution in [0.5, 0.6) is 0 Å². The number of hydrogen-bond acceptors (Lipinski definition) is 5. The van der Waals surface area contributed by atoms with E-state index >= 15 is 0 Å². The number of aliphatic imine (C=N–C) groups is 1. The van der Waals surface area contributed by atoms with E-state index in [1.807, 2.05) is 0 Å². The van der Waals surface area contributed by atoms with Crippen molar-refractivity contribution in [3.8, 4) is 0 Å². The first kappa shape index (κ1) is 19.1. The quantitative estimate of drug-likeness (QED) is 0.512. The first-order chi connectivity index (χ1) is 11.6. The second-order valence-electron chi connectivity index (χ2n) is 6.39. The van der Waals surface area contributed by atoms with Gasteiger partial charge in [-0.15, -0.1) is 11.3 Å². The number of ether oxygens (including phenoxy) is 1. The second kappa shape index (κ2) is 9.34. The Kier molecular flexibility index (Phi) is 7.45. The van der Waals surface area contributed by atoms with Crippen molar-refractivity contribution in [3.63, 3.8) is 0 Å². The Labute approximate surface area is 148 Å². The number of aliphatic hydroxyl groups excluding tert-OH is 1. The molecule has 2 rings (SSSR count). The Morgan fingerprint density at radius 2 is 2.08 bits per heavy atom. The molecule has 0 unspecified atom stereocenters. The van der Waals surface area contributed by atoms with Crippen molar-refractivity contribution in [2.24, 2.45) is 10.4 Å². The summed E-state index contributed by atoms with van der Waals surface area (Å²) in [6, 6.07) is 0. The zero-order chi connectivity index (χ0) is 17.4. The molecule has 7 heteroatoms. The summed E-state index contributed by atoms with van der Waals surface area (Å²) in [5, 5.41) is 17.6. The lowest BCUT2D eigenvalue weighted by molar-refractivity contribution is -0.0106. The molecule has 1 aromatic rings. The number of aryl methyl sites for hydroxylation is 2. The molecule has 0 saturated carbocycles. The van der Waals surface area contributed by atoms with Crippen LogP contribution in [0.2, 0.25) is 0 Å². The molecule has 1 aliphatic heterocycles. The van der Waals surface area contributed by atoms with Crippen LogP contribution in [0.3, 0.4) is 0 Å². The summed E-state index contributed by atoms with van der Waals surface area (Å²) in [7, 11) is 0. The van der Waals surface area contributed by atoms with Crippen LogP contribution < -0.4 is 10.6 Å². The fourth-order valence-corrected chi connectivity index (χ4v) is 3.63. The zero-order valence-electron chi connectivity index (χ0n) is 15.0. The van der Waals surface area contributed by atoms with Crippen molar-refractivity contribution in [2.75, 3.05) is 39.5 Å². The van der Waals surface area contributed by atoms with Crippen molar-refractivity contribution in [1.29, 1.82) is 0 Å². The second-order valence-corrected chi connectivity index (χ2v) is 7.68. The molecule has 1 aliphatic rings. The van der Waals surface area contributed by atoms with E-state index in [2.05, 4.69) is 36.4 Å². The Hall–Kier alpha value is -1.18. The number of thiazole rings is 1. The number of nitrogens with zero attached hydrogens (tertiary/aromatic N) is 2. The van der Waals surface area contributed by atoms with E-state index in [0.717, 1.165) is 49.0 Å². The minimum absolute atomic E-state index is 0.135. The van der Waals surface area contributed by atoms with Crippen LogP contribution >= 0.6 is 11.3 Å². The van der Waals surface area contributed by atoms with Crippen LogP contribution in [-0.2, 0) is 11.2 Å². The summed E-state index contributed by atoms with van der Waals surface area (Å²) in [6.07, 6.45) is 2.62. The Bertz CT molecular complexity index is 519. The third kappa shape index (κ3) is 5.43. The van der Waals surface area contributed by atoms with E-state index in [9.17, 15) is 5.11 Å². The van der Waals surface area contributed by atoms with Crippen LogP contribution in [0.1, 0.15) is 35.3 Å². The molecule has 1 aromatic heterocycles. The molecule has 0 spiro atoms. The highest BCUT2D eigenvalue weighted by Crippen LogP contribution is 2.30. The first-order valence-electron chi connectivity index (χ1n) is 8.72. The van der Waals surface area contributed by atoms with Crippen molar-refractivity contribution in [1.82, 2.24) is 15.6 Å². The highest BCUT2D eigenvalue weighted by molar-refractivity contribution is 7.11. The van der Waals surface area contributed by atoms with Crippen LogP contribution in [-0.4, -0.2) is 55.5 Å². The molecule has 1 saturated heterocycles. The Morgan fingerprint density at radius 3 is 2.67 bits per heavy atom. The van der Waals surface area contributed by atoms with Crippen molar-refractivity contribution >= 4 is 17.3 Å². The molecule has 2 heterocycles. The van der Waals surface area contributed by atoms with Crippen molar-refractivity contribution < 1.29 is 9.84 Å². The lowest BCUT2D eigenvalue weighted by Gasteiger charge is -2.34. The third-order valence-corrected chi connectivity index (χ3v) is 5.64. The highest BCUT2D eigenvalue weighted by Gasteiger charge is 2.31. The number of guanidine groups is 1. The fraction of sp³-hybridized carbons (Fsp3) is 0.765. The predicted molar refractivity (Wildman–Crippen MR) is 98.8 cm³/mol. The SMILES string of the molecule is CCNC(=NCC1(CO)CCOCC1)NCCc1nc(C)c(C)s1. The lowest BCUT2D eigenvalue weighted by atomic mass is 9.81. The smallest absolute Gasteiger partial charge is 0.191 e. The topological polar surface area (TPSA) is 78.8 Å². The number of nitrogens with one attached hydrogen (secondary N) is 2. The van der Waals surface area contributed by atoms with E-state index in [1.54, 1.807) is 11.3 Å². The standard InChI is InChI=1S/C17H30N4O2S/c1-4-18-16(19-8-5-15-21-13(2)14(3)24-15)20-11-17(12-22)6-9-23-10-7-17/h22H,4-12H2,1-3H3,(H2,18,19,20). The number of aliphatic hydroxyl groups is 1. The molecular formula is C17H30N4O2S. The summed E-state index contributed by atoms with van der Waals surface area (Å²) in [4.78, 5) is 10.6. The van der Waals surface area contributed by atoms with E-state index in [4.69, 9.17) is 9.73 Å². The van der Waals surface area contributed by atoms with Crippen LogP contribution in [0, 0.1) is 19.3 Å². The van der Waals surface area contributed by atoms with Gasteiger partial charge in [0.1, 0.15) is 0 Å². The monoisotopic (exact) mass is 354 g/mol. The largest absolute Gasteiger partial charge is 0.396 e. The molecule has 3 N–H and O–H groups in total. The maximum atomic E-state index is 9.76. The normalized spacial score (nSPS) is 17.8. The maximum Gasteiger partial charge on any atom is 0.191 e. The van der Waals surface area contributed by atoms with Gasteiger partial charge in [0.15, 0.2) is 5.96 Å². The highest BCUT2D eigenvalue weighted by atomic mass is 32.1. The van der Waals surface area contributed by atoms with Crippen molar-refractivity contribution in [2.45, 2.75) is 40.0 Å². The van der Waals surface area contributed by atoms with Gasteiger partial charge in [0, 0.05) is 43.0 Å². The van der Waals surface area contributed by atoms with Gasteiger partial charge in [0.25, 0.3) is 0 Å². The average Bonchev–Trinajstić information content (AvgIpc) is 2.91. The molecule has 0 bridgehead atoms. The van der Waals surface area contributed by atoms with Gasteiger partial charge < -0.3 is 20.5 Å². The summed E-state index contributed by atoms with van der Waals surface area (Å²) in [5.74, 6) is 0.807. The van der Waals surface area contributed by atoms with Gasteiger partial charge >= 0.3 is 0 Å². The van der Waals surface area contributed by atoms with Gasteiger partial charge in [0.2, 0.25) is 0 Å². The van der Waals surface area contributed by atoms with E-state index < -0.39 is 0 Å². The summed E-state index contributed by atoms with van der Waals surface area (Å²) >= 11 is 1.76. The molecule has 136 valence electrons. The Morgan fingerprint density at radius 1 is 1.33 bits per heavy atom. The molecule has 6 nitrogen and oxygen atoms in total. The molecule has 0 aromatic carbocycles. The molecule has 1 fully saturated rings.